The molecule has 6 nitrogen and oxygen atoms in total. The van der Waals surface area contributed by atoms with E-state index in [0.29, 0.717) is 18.3 Å². The molecule has 0 amide bonds. The predicted molar refractivity (Wildman–Crippen MR) is 115 cm³/mol. The monoisotopic (exact) mass is 472 g/mol. The van der Waals surface area contributed by atoms with Gasteiger partial charge < -0.3 is 20.1 Å². The Hall–Kier alpha value is -1.32. The Morgan fingerprint density at radius 2 is 2.08 bits per heavy atom. The maximum Gasteiger partial charge on any atom is 0.193 e. The molecular weight excluding hydrogens is 443 g/mol. The summed E-state index contributed by atoms with van der Waals surface area (Å²) < 4.78 is 5.33. The number of aliphatic hydroxyl groups excluding tert-OH is 1. The molecule has 0 spiro atoms. The molecule has 1 aromatic rings. The minimum Gasteiger partial charge on any atom is -0.496 e. The van der Waals surface area contributed by atoms with Crippen molar-refractivity contribution in [1.82, 2.24) is 15.1 Å². The third-order valence-electron chi connectivity index (χ3n) is 4.99. The van der Waals surface area contributed by atoms with Gasteiger partial charge in [0.05, 0.1) is 13.2 Å². The molecule has 1 aromatic carbocycles. The van der Waals surface area contributed by atoms with Gasteiger partial charge in [-0.1, -0.05) is 30.4 Å². The van der Waals surface area contributed by atoms with Crippen LogP contribution >= 0.6 is 24.0 Å². The number of likely N-dealkylation sites (tertiary alicyclic amines) is 1. The van der Waals surface area contributed by atoms with Crippen molar-refractivity contribution in [1.29, 1.82) is 0 Å². The van der Waals surface area contributed by atoms with Gasteiger partial charge in [-0.15, -0.1) is 24.0 Å². The smallest absolute Gasteiger partial charge is 0.193 e. The van der Waals surface area contributed by atoms with Gasteiger partial charge in [0.15, 0.2) is 5.96 Å². The lowest BCUT2D eigenvalue weighted by Gasteiger charge is -2.26. The summed E-state index contributed by atoms with van der Waals surface area (Å²) in [7, 11) is 3.41. The Morgan fingerprint density at radius 1 is 1.35 bits per heavy atom. The molecule has 0 radical (unpaired) electrons. The van der Waals surface area contributed by atoms with Gasteiger partial charge in [0.25, 0.3) is 0 Å². The van der Waals surface area contributed by atoms with Crippen LogP contribution in [-0.4, -0.2) is 73.8 Å². The number of hydrogen-bond acceptors (Lipinski definition) is 4. The molecule has 0 saturated carbocycles. The molecule has 2 unspecified atom stereocenters. The van der Waals surface area contributed by atoms with Gasteiger partial charge in [0.1, 0.15) is 5.75 Å². The van der Waals surface area contributed by atoms with Gasteiger partial charge in [-0.05, 0) is 12.5 Å². The zero-order valence-corrected chi connectivity index (χ0v) is 17.8. The first-order valence-electron chi connectivity index (χ1n) is 8.88. The Morgan fingerprint density at radius 3 is 2.77 bits per heavy atom. The standard InChI is InChI=1S/C19H28N4O2.HI/c1-20-19(23-12-9-15(14-23)22-10-5-6-11-22)21-13-17(24)16-7-3-4-8-18(16)25-2;/h3-8,15,17,24H,9-14H2,1-2H3,(H,20,21);1H. The topological polar surface area (TPSA) is 60.3 Å². The SMILES string of the molecule is CN=C(NCC(O)c1ccccc1OC)N1CCC(N2CC=CC2)C1.I. The third-order valence-corrected chi connectivity index (χ3v) is 4.99. The van der Waals surface area contributed by atoms with Crippen molar-refractivity contribution in [3.63, 3.8) is 0 Å². The number of methoxy groups -OCH3 is 1. The van der Waals surface area contributed by atoms with Gasteiger partial charge in [-0.2, -0.15) is 0 Å². The second-order valence-electron chi connectivity index (χ2n) is 6.50. The fraction of sp³-hybridized carbons (Fsp3) is 0.526. The molecular formula is C19H29IN4O2. The molecule has 0 bridgehead atoms. The molecule has 1 fully saturated rings. The molecule has 2 heterocycles. The number of para-hydroxylation sites is 1. The van der Waals surface area contributed by atoms with E-state index in [0.717, 1.165) is 44.1 Å². The van der Waals surface area contributed by atoms with E-state index in [1.807, 2.05) is 24.3 Å². The average Bonchev–Trinajstić information content (AvgIpc) is 3.33. The van der Waals surface area contributed by atoms with E-state index in [1.165, 1.54) is 0 Å². The summed E-state index contributed by atoms with van der Waals surface area (Å²) in [5.74, 6) is 1.55. The van der Waals surface area contributed by atoms with E-state index < -0.39 is 6.10 Å². The minimum absolute atomic E-state index is 0. The number of halogens is 1. The highest BCUT2D eigenvalue weighted by molar-refractivity contribution is 14.0. The van der Waals surface area contributed by atoms with Gasteiger partial charge in [-0.25, -0.2) is 0 Å². The van der Waals surface area contributed by atoms with Crippen LogP contribution in [-0.2, 0) is 0 Å². The molecule has 144 valence electrons. The van der Waals surface area contributed by atoms with E-state index in [1.54, 1.807) is 14.2 Å². The third kappa shape index (κ3) is 4.89. The van der Waals surface area contributed by atoms with Crippen LogP contribution < -0.4 is 10.1 Å². The van der Waals surface area contributed by atoms with Crippen molar-refractivity contribution in [3.8, 4) is 5.75 Å². The summed E-state index contributed by atoms with van der Waals surface area (Å²) in [6.45, 7) is 4.48. The van der Waals surface area contributed by atoms with Gasteiger partial charge >= 0.3 is 0 Å². The van der Waals surface area contributed by atoms with Crippen molar-refractivity contribution in [2.24, 2.45) is 4.99 Å². The number of nitrogens with zero attached hydrogens (tertiary/aromatic N) is 3. The number of hydrogen-bond donors (Lipinski definition) is 2. The summed E-state index contributed by atoms with van der Waals surface area (Å²) >= 11 is 0. The van der Waals surface area contributed by atoms with Crippen LogP contribution in [0.1, 0.15) is 18.1 Å². The van der Waals surface area contributed by atoms with E-state index in [9.17, 15) is 5.11 Å². The van der Waals surface area contributed by atoms with Crippen molar-refractivity contribution < 1.29 is 9.84 Å². The maximum atomic E-state index is 10.5. The first kappa shape index (κ1) is 21.0. The lowest BCUT2D eigenvalue weighted by molar-refractivity contribution is 0.175. The quantitative estimate of drug-likeness (QED) is 0.297. The Bertz CT molecular complexity index is 630. The van der Waals surface area contributed by atoms with Gasteiger partial charge in [-0.3, -0.25) is 9.89 Å². The van der Waals surface area contributed by atoms with E-state index in [2.05, 4.69) is 32.3 Å². The van der Waals surface area contributed by atoms with Crippen LogP contribution in [0.3, 0.4) is 0 Å². The molecule has 2 aliphatic heterocycles. The summed E-state index contributed by atoms with van der Waals surface area (Å²) in [6.07, 6.45) is 4.98. The van der Waals surface area contributed by atoms with Crippen molar-refractivity contribution in [3.05, 3.63) is 42.0 Å². The summed E-state index contributed by atoms with van der Waals surface area (Å²) in [4.78, 5) is 9.17. The Kier molecular flexibility index (Phi) is 8.17. The van der Waals surface area contributed by atoms with Crippen LogP contribution in [0.2, 0.25) is 0 Å². The van der Waals surface area contributed by atoms with Crippen LogP contribution in [0.4, 0.5) is 0 Å². The second-order valence-corrected chi connectivity index (χ2v) is 6.50. The van der Waals surface area contributed by atoms with Crippen molar-refractivity contribution >= 4 is 29.9 Å². The van der Waals surface area contributed by atoms with Crippen LogP contribution in [0.25, 0.3) is 0 Å². The van der Waals surface area contributed by atoms with E-state index in [-0.39, 0.29) is 24.0 Å². The van der Waals surface area contributed by atoms with E-state index in [4.69, 9.17) is 4.74 Å². The number of guanidine groups is 1. The first-order chi connectivity index (χ1) is 12.2. The number of nitrogens with one attached hydrogen (secondary N) is 1. The average molecular weight is 472 g/mol. The van der Waals surface area contributed by atoms with Crippen LogP contribution in [0.5, 0.6) is 5.75 Å². The summed E-state index contributed by atoms with van der Waals surface area (Å²) in [6, 6.07) is 8.14. The number of benzene rings is 1. The molecule has 0 aliphatic carbocycles. The zero-order chi connectivity index (χ0) is 17.6. The normalized spacial score (nSPS) is 21.6. The number of ether oxygens (including phenoxy) is 1. The molecule has 26 heavy (non-hydrogen) atoms. The molecule has 2 atom stereocenters. The van der Waals surface area contributed by atoms with Crippen molar-refractivity contribution in [2.75, 3.05) is 46.9 Å². The summed E-state index contributed by atoms with van der Waals surface area (Å²) in [5.41, 5.74) is 0.787. The van der Waals surface area contributed by atoms with E-state index >= 15 is 0 Å². The zero-order valence-electron chi connectivity index (χ0n) is 15.5. The highest BCUT2D eigenvalue weighted by Gasteiger charge is 2.29. The first-order valence-corrected chi connectivity index (χ1v) is 8.88. The highest BCUT2D eigenvalue weighted by Crippen LogP contribution is 2.24. The fourth-order valence-corrected chi connectivity index (χ4v) is 3.60. The van der Waals surface area contributed by atoms with Gasteiger partial charge in [0.2, 0.25) is 0 Å². The molecule has 1 saturated heterocycles. The van der Waals surface area contributed by atoms with Gasteiger partial charge in [0, 0.05) is 51.4 Å². The predicted octanol–water partition coefficient (Wildman–Crippen LogP) is 1.87. The number of rotatable bonds is 5. The van der Waals surface area contributed by atoms with Crippen LogP contribution in [0, 0.1) is 0 Å². The van der Waals surface area contributed by atoms with Crippen molar-refractivity contribution in [2.45, 2.75) is 18.6 Å². The molecule has 2 aliphatic rings. The summed E-state index contributed by atoms with van der Waals surface area (Å²) in [5, 5.41) is 13.8. The Labute approximate surface area is 172 Å². The minimum atomic E-state index is -0.644. The number of aliphatic imine (C=N–C) groups is 1. The van der Waals surface area contributed by atoms with Crippen LogP contribution in [0.15, 0.2) is 41.4 Å². The molecule has 3 rings (SSSR count). The molecule has 0 aromatic heterocycles. The fourth-order valence-electron chi connectivity index (χ4n) is 3.60. The Balaban J connectivity index is 0.00000243. The number of aliphatic hydroxyl groups is 1. The largest absolute Gasteiger partial charge is 0.496 e. The maximum absolute atomic E-state index is 10.5. The molecule has 2 N–H and O–H groups in total. The second kappa shape index (κ2) is 10.1. The lowest BCUT2D eigenvalue weighted by Crippen LogP contribution is -2.43. The lowest BCUT2D eigenvalue weighted by atomic mass is 10.1. The highest BCUT2D eigenvalue weighted by atomic mass is 127. The molecule has 7 heteroatoms.